The quantitative estimate of drug-likeness (QED) is 0.150. The SMILES string of the molecule is C=CC(C)NCCCC(C)(C)/C(N)=N/O. The maximum absolute atomic E-state index is 8.59. The van der Waals surface area contributed by atoms with E-state index in [0.717, 1.165) is 19.4 Å². The summed E-state index contributed by atoms with van der Waals surface area (Å²) in [6, 6.07) is 0.331. The number of rotatable bonds is 7. The van der Waals surface area contributed by atoms with Gasteiger partial charge in [0.15, 0.2) is 0 Å². The minimum atomic E-state index is -0.242. The first-order valence-electron chi connectivity index (χ1n) is 5.28. The summed E-state index contributed by atoms with van der Waals surface area (Å²) in [4.78, 5) is 0. The molecule has 4 nitrogen and oxygen atoms in total. The van der Waals surface area contributed by atoms with Crippen LogP contribution in [0.4, 0.5) is 0 Å². The minimum absolute atomic E-state index is 0.242. The third-order valence-corrected chi connectivity index (χ3v) is 2.60. The highest BCUT2D eigenvalue weighted by Crippen LogP contribution is 2.21. The van der Waals surface area contributed by atoms with Gasteiger partial charge in [0.25, 0.3) is 0 Å². The fourth-order valence-corrected chi connectivity index (χ4v) is 1.21. The van der Waals surface area contributed by atoms with Crippen molar-refractivity contribution in [2.75, 3.05) is 6.54 Å². The van der Waals surface area contributed by atoms with Gasteiger partial charge in [-0.05, 0) is 26.3 Å². The molecule has 4 heteroatoms. The van der Waals surface area contributed by atoms with Gasteiger partial charge in [0.1, 0.15) is 5.84 Å². The molecule has 15 heavy (non-hydrogen) atoms. The molecule has 0 heterocycles. The summed E-state index contributed by atoms with van der Waals surface area (Å²) in [5.41, 5.74) is 5.34. The summed E-state index contributed by atoms with van der Waals surface area (Å²) in [6.07, 6.45) is 3.75. The van der Waals surface area contributed by atoms with E-state index in [1.807, 2.05) is 19.9 Å². The molecule has 0 saturated carbocycles. The van der Waals surface area contributed by atoms with Crippen molar-refractivity contribution >= 4 is 5.84 Å². The number of nitrogens with two attached hydrogens (primary N) is 1. The number of amidine groups is 1. The van der Waals surface area contributed by atoms with Crippen molar-refractivity contribution in [2.45, 2.75) is 39.7 Å². The molecule has 0 radical (unpaired) electrons. The molecule has 0 aliphatic heterocycles. The molecule has 0 fully saturated rings. The Morgan fingerprint density at radius 3 is 2.73 bits per heavy atom. The number of nitrogens with one attached hydrogen (secondary N) is 1. The van der Waals surface area contributed by atoms with Crippen LogP contribution in [0.3, 0.4) is 0 Å². The Kier molecular flexibility index (Phi) is 6.01. The molecule has 0 aromatic rings. The Labute approximate surface area is 92.2 Å². The highest BCUT2D eigenvalue weighted by molar-refractivity contribution is 5.85. The van der Waals surface area contributed by atoms with Gasteiger partial charge in [-0.1, -0.05) is 25.1 Å². The smallest absolute Gasteiger partial charge is 0.144 e. The van der Waals surface area contributed by atoms with Crippen molar-refractivity contribution in [1.29, 1.82) is 0 Å². The molecular formula is C11H23N3O. The molecule has 0 aliphatic rings. The van der Waals surface area contributed by atoms with E-state index in [9.17, 15) is 0 Å². The van der Waals surface area contributed by atoms with E-state index >= 15 is 0 Å². The van der Waals surface area contributed by atoms with Crippen LogP contribution in [-0.4, -0.2) is 23.6 Å². The van der Waals surface area contributed by atoms with Gasteiger partial charge in [-0.3, -0.25) is 0 Å². The third-order valence-electron chi connectivity index (χ3n) is 2.60. The van der Waals surface area contributed by atoms with E-state index in [0.29, 0.717) is 11.9 Å². The second-order valence-corrected chi connectivity index (χ2v) is 4.45. The number of oxime groups is 1. The van der Waals surface area contributed by atoms with Gasteiger partial charge in [-0.2, -0.15) is 0 Å². The summed E-state index contributed by atoms with van der Waals surface area (Å²) in [7, 11) is 0. The van der Waals surface area contributed by atoms with Gasteiger partial charge in [-0.15, -0.1) is 6.58 Å². The summed E-state index contributed by atoms with van der Waals surface area (Å²) >= 11 is 0. The first-order chi connectivity index (χ1) is 6.94. The summed E-state index contributed by atoms with van der Waals surface area (Å²) in [6.45, 7) is 10.6. The predicted octanol–water partition coefficient (Wildman–Crippen LogP) is 1.70. The molecule has 1 atom stereocenters. The Balaban J connectivity index is 3.81. The zero-order valence-corrected chi connectivity index (χ0v) is 9.95. The molecule has 0 aromatic heterocycles. The maximum atomic E-state index is 8.59. The van der Waals surface area contributed by atoms with Crippen LogP contribution in [0.2, 0.25) is 0 Å². The standard InChI is InChI=1S/C11H23N3O/c1-5-9(2)13-8-6-7-11(3,4)10(12)14-15/h5,9,13,15H,1,6-8H2,2-4H3,(H2,12,14). The fraction of sp³-hybridized carbons (Fsp3) is 0.727. The van der Waals surface area contributed by atoms with Gasteiger partial charge in [0.05, 0.1) is 0 Å². The Morgan fingerprint density at radius 1 is 1.67 bits per heavy atom. The zero-order chi connectivity index (χ0) is 11.9. The van der Waals surface area contributed by atoms with Crippen molar-refractivity contribution in [1.82, 2.24) is 5.32 Å². The van der Waals surface area contributed by atoms with Crippen molar-refractivity contribution in [3.05, 3.63) is 12.7 Å². The molecule has 0 spiro atoms. The van der Waals surface area contributed by atoms with E-state index < -0.39 is 0 Å². The van der Waals surface area contributed by atoms with Crippen LogP contribution in [-0.2, 0) is 0 Å². The molecule has 0 amide bonds. The predicted molar refractivity (Wildman–Crippen MR) is 64.1 cm³/mol. The van der Waals surface area contributed by atoms with Crippen molar-refractivity contribution in [3.63, 3.8) is 0 Å². The monoisotopic (exact) mass is 213 g/mol. The average Bonchev–Trinajstić information content (AvgIpc) is 2.22. The van der Waals surface area contributed by atoms with Crippen molar-refractivity contribution in [2.24, 2.45) is 16.3 Å². The molecular weight excluding hydrogens is 190 g/mol. The van der Waals surface area contributed by atoms with E-state index in [1.54, 1.807) is 0 Å². The van der Waals surface area contributed by atoms with E-state index in [4.69, 9.17) is 10.9 Å². The molecule has 88 valence electrons. The van der Waals surface area contributed by atoms with E-state index in [1.165, 1.54) is 0 Å². The van der Waals surface area contributed by atoms with Gasteiger partial charge >= 0.3 is 0 Å². The number of nitrogens with zero attached hydrogens (tertiary/aromatic N) is 1. The van der Waals surface area contributed by atoms with Gasteiger partial charge in [-0.25, -0.2) is 0 Å². The van der Waals surface area contributed by atoms with Crippen LogP contribution >= 0.6 is 0 Å². The fourth-order valence-electron chi connectivity index (χ4n) is 1.21. The summed E-state index contributed by atoms with van der Waals surface area (Å²) in [5, 5.41) is 14.9. The van der Waals surface area contributed by atoms with E-state index in [-0.39, 0.29) is 5.41 Å². The Morgan fingerprint density at radius 2 is 2.27 bits per heavy atom. The van der Waals surface area contributed by atoms with Gasteiger partial charge in [0, 0.05) is 11.5 Å². The third kappa shape index (κ3) is 5.42. The lowest BCUT2D eigenvalue weighted by atomic mass is 9.86. The summed E-state index contributed by atoms with van der Waals surface area (Å²) in [5.74, 6) is 0.291. The molecule has 0 aliphatic carbocycles. The Hall–Kier alpha value is -1.03. The zero-order valence-electron chi connectivity index (χ0n) is 9.95. The molecule has 0 saturated heterocycles. The minimum Gasteiger partial charge on any atom is -0.409 e. The lowest BCUT2D eigenvalue weighted by Crippen LogP contribution is -2.33. The van der Waals surface area contributed by atoms with Crippen LogP contribution in [0.15, 0.2) is 17.8 Å². The molecule has 1 unspecified atom stereocenters. The molecule has 0 rings (SSSR count). The van der Waals surface area contributed by atoms with Crippen LogP contribution in [0.25, 0.3) is 0 Å². The second kappa shape index (κ2) is 6.45. The topological polar surface area (TPSA) is 70.6 Å². The van der Waals surface area contributed by atoms with Crippen LogP contribution in [0, 0.1) is 5.41 Å². The largest absolute Gasteiger partial charge is 0.409 e. The van der Waals surface area contributed by atoms with Crippen LogP contribution < -0.4 is 11.1 Å². The van der Waals surface area contributed by atoms with Gasteiger partial charge < -0.3 is 16.3 Å². The second-order valence-electron chi connectivity index (χ2n) is 4.45. The Bertz CT molecular complexity index is 224. The van der Waals surface area contributed by atoms with Crippen molar-refractivity contribution < 1.29 is 5.21 Å². The van der Waals surface area contributed by atoms with Crippen LogP contribution in [0.5, 0.6) is 0 Å². The molecule has 4 N–H and O–H groups in total. The first kappa shape index (κ1) is 14.0. The first-order valence-corrected chi connectivity index (χ1v) is 5.28. The highest BCUT2D eigenvalue weighted by atomic mass is 16.4. The maximum Gasteiger partial charge on any atom is 0.144 e. The van der Waals surface area contributed by atoms with Crippen molar-refractivity contribution in [3.8, 4) is 0 Å². The molecule has 0 aromatic carbocycles. The lowest BCUT2D eigenvalue weighted by molar-refractivity contribution is 0.304. The average molecular weight is 213 g/mol. The van der Waals surface area contributed by atoms with Crippen LogP contribution in [0.1, 0.15) is 33.6 Å². The van der Waals surface area contributed by atoms with E-state index in [2.05, 4.69) is 24.0 Å². The molecule has 0 bridgehead atoms. The highest BCUT2D eigenvalue weighted by Gasteiger charge is 2.22. The summed E-state index contributed by atoms with van der Waals surface area (Å²) < 4.78 is 0. The number of hydrogen-bond acceptors (Lipinski definition) is 3. The van der Waals surface area contributed by atoms with Gasteiger partial charge in [0.2, 0.25) is 0 Å². The number of hydrogen-bond donors (Lipinski definition) is 3. The normalized spacial score (nSPS) is 15.0. The lowest BCUT2D eigenvalue weighted by Gasteiger charge is -2.22.